The second-order valence-corrected chi connectivity index (χ2v) is 4.13. The van der Waals surface area contributed by atoms with Crippen LogP contribution in [0, 0.1) is 0 Å². The van der Waals surface area contributed by atoms with E-state index in [1.807, 2.05) is 0 Å². The van der Waals surface area contributed by atoms with Gasteiger partial charge in [-0.2, -0.15) is 0 Å². The summed E-state index contributed by atoms with van der Waals surface area (Å²) in [6.45, 7) is 6.57. The monoisotopic (exact) mass is 310 g/mol. The van der Waals surface area contributed by atoms with Gasteiger partial charge in [-0.25, -0.2) is 4.79 Å². The summed E-state index contributed by atoms with van der Waals surface area (Å²) in [5, 5.41) is 8.43. The molecule has 0 amide bonds. The average Bonchev–Trinajstić information content (AvgIpc) is 2.81. The molecule has 0 bridgehead atoms. The van der Waals surface area contributed by atoms with Gasteiger partial charge in [-0.05, 0) is 13.8 Å². The molecule has 0 saturated carbocycles. The van der Waals surface area contributed by atoms with E-state index in [4.69, 9.17) is 14.6 Å². The molecule has 1 saturated heterocycles. The summed E-state index contributed by atoms with van der Waals surface area (Å²) in [5.74, 6) is -0.264. The van der Waals surface area contributed by atoms with Gasteiger partial charge >= 0.3 is 12.1 Å². The maximum atomic E-state index is 10.3. The molecule has 8 heteroatoms. The molecule has 0 aromatic rings. The van der Waals surface area contributed by atoms with Crippen LogP contribution in [0.4, 0.5) is 4.79 Å². The number of carbonyl (C=O) groups excluding carboxylic acids is 2. The number of methoxy groups -OCH3 is 2. The lowest BCUT2D eigenvalue weighted by Crippen LogP contribution is -2.17. The first-order valence-corrected chi connectivity index (χ1v) is 6.46. The van der Waals surface area contributed by atoms with Crippen molar-refractivity contribution < 1.29 is 38.4 Å². The Labute approximate surface area is 125 Å². The summed E-state index contributed by atoms with van der Waals surface area (Å²) in [4.78, 5) is 20.0. The molecule has 0 radical (unpaired) electrons. The quantitative estimate of drug-likeness (QED) is 0.742. The van der Waals surface area contributed by atoms with Crippen molar-refractivity contribution in [2.45, 2.75) is 33.0 Å². The highest BCUT2D eigenvalue weighted by Crippen LogP contribution is 1.92. The molecule has 1 rings (SSSR count). The van der Waals surface area contributed by atoms with Crippen molar-refractivity contribution >= 4 is 12.1 Å². The van der Waals surface area contributed by atoms with Crippen LogP contribution in [0.2, 0.25) is 0 Å². The van der Waals surface area contributed by atoms with Crippen molar-refractivity contribution in [3.05, 3.63) is 0 Å². The number of ether oxygens (including phenoxy) is 5. The van der Waals surface area contributed by atoms with Gasteiger partial charge < -0.3 is 28.8 Å². The number of esters is 1. The zero-order valence-electron chi connectivity index (χ0n) is 13.3. The van der Waals surface area contributed by atoms with E-state index in [0.717, 1.165) is 0 Å². The normalized spacial score (nSPS) is 15.2. The van der Waals surface area contributed by atoms with Crippen molar-refractivity contribution in [2.75, 3.05) is 40.6 Å². The van der Waals surface area contributed by atoms with Crippen LogP contribution in [-0.2, 0) is 28.5 Å². The fourth-order valence-electron chi connectivity index (χ4n) is 1.08. The third-order valence-corrected chi connectivity index (χ3v) is 1.70. The Morgan fingerprint density at radius 3 is 1.86 bits per heavy atom. The van der Waals surface area contributed by atoms with E-state index < -0.39 is 6.16 Å². The van der Waals surface area contributed by atoms with Crippen molar-refractivity contribution in [3.63, 3.8) is 0 Å². The fraction of sp³-hybridized carbons (Fsp3) is 0.846. The van der Waals surface area contributed by atoms with Gasteiger partial charge in [-0.3, -0.25) is 4.79 Å². The zero-order valence-corrected chi connectivity index (χ0v) is 13.3. The molecule has 126 valence electrons. The molecule has 21 heavy (non-hydrogen) atoms. The average molecular weight is 310 g/mol. The maximum Gasteiger partial charge on any atom is 0.508 e. The first-order chi connectivity index (χ1) is 9.83. The van der Waals surface area contributed by atoms with Gasteiger partial charge in [-0.1, -0.05) is 0 Å². The maximum absolute atomic E-state index is 10.3. The minimum atomic E-state index is -0.546. The number of rotatable bonds is 5. The summed E-state index contributed by atoms with van der Waals surface area (Å²) in [6.07, 6.45) is -1.00. The van der Waals surface area contributed by atoms with Gasteiger partial charge in [-0.15, -0.1) is 0 Å². The molecule has 0 aromatic heterocycles. The van der Waals surface area contributed by atoms with Crippen LogP contribution < -0.4 is 0 Å². The largest absolute Gasteiger partial charge is 0.508 e. The van der Waals surface area contributed by atoms with E-state index in [9.17, 15) is 9.59 Å². The summed E-state index contributed by atoms with van der Waals surface area (Å²) < 4.78 is 22.6. The summed E-state index contributed by atoms with van der Waals surface area (Å²) in [6, 6.07) is 0. The molecule has 1 fully saturated rings. The predicted molar refractivity (Wildman–Crippen MR) is 74.0 cm³/mol. The molecule has 0 aliphatic carbocycles. The van der Waals surface area contributed by atoms with Gasteiger partial charge in [0.2, 0.25) is 0 Å². The van der Waals surface area contributed by atoms with Crippen LogP contribution in [0.5, 0.6) is 0 Å². The van der Waals surface area contributed by atoms with Crippen LogP contribution >= 0.6 is 0 Å². The first-order valence-electron chi connectivity index (χ1n) is 6.46. The van der Waals surface area contributed by atoms with Crippen molar-refractivity contribution in [2.24, 2.45) is 0 Å². The third-order valence-electron chi connectivity index (χ3n) is 1.70. The molecule has 0 aromatic carbocycles. The van der Waals surface area contributed by atoms with Gasteiger partial charge in [0.05, 0.1) is 19.3 Å². The fourth-order valence-corrected chi connectivity index (χ4v) is 1.08. The van der Waals surface area contributed by atoms with E-state index in [-0.39, 0.29) is 18.2 Å². The highest BCUT2D eigenvalue weighted by atomic mass is 16.8. The lowest BCUT2D eigenvalue weighted by atomic mass is 10.4. The van der Waals surface area contributed by atoms with E-state index in [2.05, 4.69) is 14.2 Å². The van der Waals surface area contributed by atoms with Gasteiger partial charge in [0, 0.05) is 21.1 Å². The molecule has 1 aliphatic rings. The molecular formula is C13H26O8. The molecule has 8 nitrogen and oxygen atoms in total. The number of aliphatic hydroxyl groups excluding tert-OH is 1. The second-order valence-electron chi connectivity index (χ2n) is 4.13. The molecule has 2 atom stereocenters. The van der Waals surface area contributed by atoms with Crippen LogP contribution in [0.25, 0.3) is 0 Å². The highest BCUT2D eigenvalue weighted by Gasteiger charge is 2.09. The minimum absolute atomic E-state index is 0.132. The molecule has 1 N–H and O–H groups in total. The second kappa shape index (κ2) is 15.0. The van der Waals surface area contributed by atoms with Gasteiger partial charge in [0.15, 0.2) is 0 Å². The van der Waals surface area contributed by atoms with Crippen molar-refractivity contribution in [1.82, 2.24) is 0 Å². The zero-order chi connectivity index (χ0) is 16.7. The Morgan fingerprint density at radius 2 is 1.67 bits per heavy atom. The Bertz CT molecular complexity index is 259. The van der Waals surface area contributed by atoms with Crippen molar-refractivity contribution in [1.29, 1.82) is 0 Å². The van der Waals surface area contributed by atoms with E-state index in [1.165, 1.54) is 6.92 Å². The van der Waals surface area contributed by atoms with Crippen molar-refractivity contribution in [3.8, 4) is 0 Å². The summed E-state index contributed by atoms with van der Waals surface area (Å²) in [7, 11) is 3.13. The third kappa shape index (κ3) is 21.1. The SMILES string of the molecule is COCC(C)O.COCC(C)OC(C)=O.O=C1OCCO1. The standard InChI is InChI=1S/C6H12O3.C4H10O2.C3H4O3/c1-5(4-8-3)9-6(2)7;1-4(5)3-6-2;4-3-5-1-2-6-3/h5H,4H2,1-3H3;4-5H,3H2,1-2H3;1-2H2. The van der Waals surface area contributed by atoms with Crippen LogP contribution in [0.1, 0.15) is 20.8 Å². The van der Waals surface area contributed by atoms with Gasteiger partial charge in [0.1, 0.15) is 19.3 Å². The number of cyclic esters (lactones) is 2. The van der Waals surface area contributed by atoms with E-state index in [1.54, 1.807) is 28.1 Å². The topological polar surface area (TPSA) is 101 Å². The number of hydrogen-bond donors (Lipinski definition) is 1. The van der Waals surface area contributed by atoms with Crippen LogP contribution in [0.3, 0.4) is 0 Å². The number of aliphatic hydroxyl groups is 1. The molecule has 1 aliphatic heterocycles. The van der Waals surface area contributed by atoms with Crippen LogP contribution in [0.15, 0.2) is 0 Å². The minimum Gasteiger partial charge on any atom is -0.460 e. The smallest absolute Gasteiger partial charge is 0.460 e. The van der Waals surface area contributed by atoms with E-state index in [0.29, 0.717) is 26.4 Å². The Balaban J connectivity index is 0. The van der Waals surface area contributed by atoms with Crippen LogP contribution in [-0.4, -0.2) is 70.1 Å². The van der Waals surface area contributed by atoms with Gasteiger partial charge in [0.25, 0.3) is 0 Å². The Kier molecular flexibility index (Phi) is 15.7. The Hall–Kier alpha value is -1.38. The molecule has 2 unspecified atom stereocenters. The number of hydrogen-bond acceptors (Lipinski definition) is 8. The summed E-state index contributed by atoms with van der Waals surface area (Å²) in [5.41, 5.74) is 0. The molecular weight excluding hydrogens is 284 g/mol. The first kappa shape index (κ1) is 21.9. The predicted octanol–water partition coefficient (Wildman–Crippen LogP) is 0.751. The molecule has 0 spiro atoms. The molecule has 1 heterocycles. The highest BCUT2D eigenvalue weighted by molar-refractivity contribution is 5.66. The van der Waals surface area contributed by atoms with E-state index >= 15 is 0 Å². The summed E-state index contributed by atoms with van der Waals surface area (Å²) >= 11 is 0. The Morgan fingerprint density at radius 1 is 1.19 bits per heavy atom. The lowest BCUT2D eigenvalue weighted by Gasteiger charge is -2.08. The lowest BCUT2D eigenvalue weighted by molar-refractivity contribution is -0.147. The number of carbonyl (C=O) groups is 2.